The Morgan fingerprint density at radius 1 is 1.15 bits per heavy atom. The number of benzene rings is 1. The zero-order valence-electron chi connectivity index (χ0n) is 14.3. The van der Waals surface area contributed by atoms with Gasteiger partial charge in [0.15, 0.2) is 5.69 Å². The minimum Gasteiger partial charge on any atom is -0.394 e. The molecule has 5 nitrogen and oxygen atoms in total. The average Bonchev–Trinajstić information content (AvgIpc) is 2.57. The van der Waals surface area contributed by atoms with Gasteiger partial charge in [-0.1, -0.05) is 32.0 Å². The van der Waals surface area contributed by atoms with E-state index < -0.39 is 23.7 Å². The summed E-state index contributed by atoms with van der Waals surface area (Å²) in [5, 5.41) is 14.7. The predicted molar refractivity (Wildman–Crippen MR) is 90.1 cm³/mol. The van der Waals surface area contributed by atoms with Gasteiger partial charge in [0, 0.05) is 18.2 Å². The number of anilines is 2. The number of rotatable bonds is 7. The molecule has 0 bridgehead atoms. The molecule has 2 aromatic rings. The highest BCUT2D eigenvalue weighted by molar-refractivity contribution is 5.44. The highest BCUT2D eigenvalue weighted by atomic mass is 19.4. The first-order chi connectivity index (χ1) is 12.2. The van der Waals surface area contributed by atoms with E-state index in [-0.39, 0.29) is 30.8 Å². The molecule has 0 unspecified atom stereocenters. The Labute approximate surface area is 148 Å². The number of nitrogens with one attached hydrogen (secondary N) is 2. The molecule has 9 heteroatoms. The van der Waals surface area contributed by atoms with Gasteiger partial charge < -0.3 is 15.7 Å². The summed E-state index contributed by atoms with van der Waals surface area (Å²) in [5.41, 5.74) is -0.837. The molecule has 0 amide bonds. The van der Waals surface area contributed by atoms with Gasteiger partial charge in [-0.15, -0.1) is 0 Å². The fraction of sp³-hybridized carbons (Fsp3) is 0.412. The fourth-order valence-corrected chi connectivity index (χ4v) is 2.16. The van der Waals surface area contributed by atoms with E-state index in [1.807, 2.05) is 0 Å². The van der Waals surface area contributed by atoms with Crippen LogP contribution in [0.2, 0.25) is 0 Å². The van der Waals surface area contributed by atoms with E-state index in [0.717, 1.165) is 6.07 Å². The van der Waals surface area contributed by atoms with Crippen molar-refractivity contribution in [3.05, 3.63) is 47.4 Å². The van der Waals surface area contributed by atoms with E-state index in [1.165, 1.54) is 18.2 Å². The molecule has 26 heavy (non-hydrogen) atoms. The number of aromatic nitrogens is 2. The van der Waals surface area contributed by atoms with Crippen LogP contribution in [0.25, 0.3) is 0 Å². The third kappa shape index (κ3) is 5.29. The number of aliphatic hydroxyl groups excluding tert-OH is 1. The molecule has 0 aliphatic carbocycles. The Hall–Kier alpha value is -2.42. The molecule has 1 aromatic carbocycles. The van der Waals surface area contributed by atoms with Crippen molar-refractivity contribution in [2.75, 3.05) is 17.2 Å². The van der Waals surface area contributed by atoms with Crippen molar-refractivity contribution < 1.29 is 22.7 Å². The molecule has 1 atom stereocenters. The van der Waals surface area contributed by atoms with Crippen molar-refractivity contribution in [1.29, 1.82) is 0 Å². The molecule has 0 spiro atoms. The maximum Gasteiger partial charge on any atom is 0.433 e. The van der Waals surface area contributed by atoms with Crippen molar-refractivity contribution in [1.82, 2.24) is 9.97 Å². The molecule has 2 rings (SSSR count). The summed E-state index contributed by atoms with van der Waals surface area (Å²) in [6.45, 7) is 3.29. The van der Waals surface area contributed by atoms with E-state index in [9.17, 15) is 22.7 Å². The van der Waals surface area contributed by atoms with Gasteiger partial charge in [-0.3, -0.25) is 0 Å². The van der Waals surface area contributed by atoms with Gasteiger partial charge in [0.1, 0.15) is 11.6 Å². The number of nitrogens with zero attached hydrogens (tertiary/aromatic N) is 2. The molecule has 1 aromatic heterocycles. The first-order valence-electron chi connectivity index (χ1n) is 8.01. The first-order valence-corrected chi connectivity index (χ1v) is 8.01. The lowest BCUT2D eigenvalue weighted by Crippen LogP contribution is -2.30. The lowest BCUT2D eigenvalue weighted by atomic mass is 10.1. The molecule has 0 aliphatic rings. The number of halogens is 4. The third-order valence-corrected chi connectivity index (χ3v) is 3.75. The van der Waals surface area contributed by atoms with E-state index in [1.54, 1.807) is 19.9 Å². The molecule has 3 N–H and O–H groups in total. The maximum atomic E-state index is 13.7. The molecule has 0 saturated heterocycles. The van der Waals surface area contributed by atoms with Crippen LogP contribution in [0.1, 0.15) is 25.1 Å². The van der Waals surface area contributed by atoms with Crippen LogP contribution in [0.15, 0.2) is 30.3 Å². The van der Waals surface area contributed by atoms with Crippen molar-refractivity contribution >= 4 is 11.8 Å². The number of hydrogen-bond donors (Lipinski definition) is 3. The van der Waals surface area contributed by atoms with Gasteiger partial charge in [-0.2, -0.15) is 18.2 Å². The van der Waals surface area contributed by atoms with Crippen LogP contribution in [-0.2, 0) is 12.7 Å². The lowest BCUT2D eigenvalue weighted by molar-refractivity contribution is -0.141. The minimum atomic E-state index is -4.67. The molecular formula is C17H20F4N4O. The molecule has 0 radical (unpaired) electrons. The van der Waals surface area contributed by atoms with Gasteiger partial charge in [0.05, 0.1) is 12.6 Å². The van der Waals surface area contributed by atoms with E-state index in [2.05, 4.69) is 20.6 Å². The van der Waals surface area contributed by atoms with Crippen LogP contribution in [0.5, 0.6) is 0 Å². The quantitative estimate of drug-likeness (QED) is 0.647. The van der Waals surface area contributed by atoms with Gasteiger partial charge in [0.2, 0.25) is 5.95 Å². The fourth-order valence-electron chi connectivity index (χ4n) is 2.16. The first kappa shape index (κ1) is 19.9. The Morgan fingerprint density at radius 2 is 1.85 bits per heavy atom. The normalized spacial score (nSPS) is 12.9. The topological polar surface area (TPSA) is 70.1 Å². The van der Waals surface area contributed by atoms with Gasteiger partial charge >= 0.3 is 6.18 Å². The van der Waals surface area contributed by atoms with Crippen molar-refractivity contribution in [2.24, 2.45) is 5.92 Å². The Bertz CT molecular complexity index is 737. The number of aliphatic hydroxyl groups is 1. The summed E-state index contributed by atoms with van der Waals surface area (Å²) in [4.78, 5) is 7.47. The molecule has 0 saturated carbocycles. The monoisotopic (exact) mass is 372 g/mol. The molecule has 0 aliphatic heterocycles. The van der Waals surface area contributed by atoms with E-state index >= 15 is 0 Å². The van der Waals surface area contributed by atoms with Crippen LogP contribution < -0.4 is 10.6 Å². The SMILES string of the molecule is CC(C)[C@@H](CO)Nc1nc(NCc2ccccc2F)cc(C(F)(F)F)n1. The Balaban J connectivity index is 2.27. The second-order valence-corrected chi connectivity index (χ2v) is 6.08. The summed E-state index contributed by atoms with van der Waals surface area (Å²) in [6.07, 6.45) is -4.67. The number of hydrogen-bond acceptors (Lipinski definition) is 5. The summed E-state index contributed by atoms with van der Waals surface area (Å²) in [5.74, 6) is -0.876. The minimum absolute atomic E-state index is 0.0337. The maximum absolute atomic E-state index is 13.7. The van der Waals surface area contributed by atoms with Crippen molar-refractivity contribution in [3.8, 4) is 0 Å². The van der Waals surface area contributed by atoms with E-state index in [0.29, 0.717) is 5.56 Å². The number of alkyl halides is 3. The van der Waals surface area contributed by atoms with Crippen molar-refractivity contribution in [3.63, 3.8) is 0 Å². The van der Waals surface area contributed by atoms with Gasteiger partial charge in [0.25, 0.3) is 0 Å². The second-order valence-electron chi connectivity index (χ2n) is 6.08. The van der Waals surface area contributed by atoms with Gasteiger partial charge in [-0.05, 0) is 12.0 Å². The average molecular weight is 372 g/mol. The summed E-state index contributed by atoms with van der Waals surface area (Å²) in [7, 11) is 0. The van der Waals surface area contributed by atoms with Crippen LogP contribution in [0, 0.1) is 11.7 Å². The van der Waals surface area contributed by atoms with Gasteiger partial charge in [-0.25, -0.2) is 9.37 Å². The second kappa shape index (κ2) is 8.31. The van der Waals surface area contributed by atoms with Crippen LogP contribution in [0.4, 0.5) is 29.3 Å². The Kier molecular flexibility index (Phi) is 6.36. The molecule has 1 heterocycles. The largest absolute Gasteiger partial charge is 0.433 e. The zero-order valence-corrected chi connectivity index (χ0v) is 14.3. The summed E-state index contributed by atoms with van der Waals surface area (Å²) >= 11 is 0. The highest BCUT2D eigenvalue weighted by Crippen LogP contribution is 2.30. The molecule has 142 valence electrons. The van der Waals surface area contributed by atoms with Crippen LogP contribution >= 0.6 is 0 Å². The smallest absolute Gasteiger partial charge is 0.394 e. The zero-order chi connectivity index (χ0) is 19.3. The van der Waals surface area contributed by atoms with Crippen LogP contribution in [-0.4, -0.2) is 27.7 Å². The van der Waals surface area contributed by atoms with Crippen LogP contribution in [0.3, 0.4) is 0 Å². The predicted octanol–water partition coefficient (Wildman–Crippen LogP) is 3.68. The molecular weight excluding hydrogens is 352 g/mol. The summed E-state index contributed by atoms with van der Waals surface area (Å²) in [6, 6.07) is 6.19. The summed E-state index contributed by atoms with van der Waals surface area (Å²) < 4.78 is 52.9. The lowest BCUT2D eigenvalue weighted by Gasteiger charge is -2.21. The van der Waals surface area contributed by atoms with E-state index in [4.69, 9.17) is 0 Å². The molecule has 0 fully saturated rings. The third-order valence-electron chi connectivity index (χ3n) is 3.75. The standard InChI is InChI=1S/C17H20F4N4O/c1-10(2)13(9-26)23-16-24-14(17(19,20)21)7-15(25-16)22-8-11-5-3-4-6-12(11)18/h3-7,10,13,26H,8-9H2,1-2H3,(H2,22,23,24,25)/t13-/m1/s1. The highest BCUT2D eigenvalue weighted by Gasteiger charge is 2.34. The Morgan fingerprint density at radius 3 is 2.42 bits per heavy atom. The van der Waals surface area contributed by atoms with Crippen molar-refractivity contribution in [2.45, 2.75) is 32.6 Å².